The van der Waals surface area contributed by atoms with Crippen molar-refractivity contribution >= 4 is 16.8 Å². The van der Waals surface area contributed by atoms with Crippen molar-refractivity contribution in [3.63, 3.8) is 0 Å². The van der Waals surface area contributed by atoms with Crippen molar-refractivity contribution in [3.05, 3.63) is 58.5 Å². The average Bonchev–Trinajstić information content (AvgIpc) is 3.17. The van der Waals surface area contributed by atoms with Crippen LogP contribution < -0.4 is 0 Å². The standard InChI is InChI=1S/C19H18FN3O2/c1-2-3-16-14-7-15(18(24)8-17(14)22-21-16)19(25)23-9-11-4-5-13(20)6-12(11)10-23/h4-8,24H,2-3,9-10H2,1H3,(H,21,22). The zero-order valence-electron chi connectivity index (χ0n) is 13.8. The van der Waals surface area contributed by atoms with Crippen LogP contribution in [0.5, 0.6) is 5.75 Å². The number of phenols is 1. The number of aromatic nitrogens is 2. The van der Waals surface area contributed by atoms with Gasteiger partial charge in [-0.2, -0.15) is 5.10 Å². The van der Waals surface area contributed by atoms with E-state index in [4.69, 9.17) is 0 Å². The number of nitrogens with zero attached hydrogens (tertiary/aromatic N) is 2. The number of hydrogen-bond acceptors (Lipinski definition) is 3. The molecule has 1 aliphatic rings. The van der Waals surface area contributed by atoms with Crippen molar-refractivity contribution in [3.8, 4) is 5.75 Å². The molecule has 5 nitrogen and oxygen atoms in total. The Morgan fingerprint density at radius 2 is 2.08 bits per heavy atom. The van der Waals surface area contributed by atoms with Crippen LogP contribution in [0.4, 0.5) is 4.39 Å². The molecule has 0 spiro atoms. The van der Waals surface area contributed by atoms with E-state index in [0.717, 1.165) is 35.0 Å². The van der Waals surface area contributed by atoms with Crippen molar-refractivity contribution in [2.24, 2.45) is 0 Å². The number of rotatable bonds is 3. The third-order valence-corrected chi connectivity index (χ3v) is 4.65. The van der Waals surface area contributed by atoms with Crippen LogP contribution in [0.25, 0.3) is 10.9 Å². The van der Waals surface area contributed by atoms with Crippen LogP contribution in [-0.4, -0.2) is 26.1 Å². The van der Waals surface area contributed by atoms with Gasteiger partial charge < -0.3 is 10.0 Å². The zero-order valence-corrected chi connectivity index (χ0v) is 13.8. The highest BCUT2D eigenvalue weighted by Crippen LogP contribution is 2.30. The molecule has 1 aliphatic heterocycles. The van der Waals surface area contributed by atoms with Crippen LogP contribution in [0.3, 0.4) is 0 Å². The summed E-state index contributed by atoms with van der Waals surface area (Å²) in [4.78, 5) is 14.5. The molecule has 0 fully saturated rings. The molecule has 0 bridgehead atoms. The van der Waals surface area contributed by atoms with E-state index in [1.807, 2.05) is 0 Å². The van der Waals surface area contributed by atoms with E-state index in [1.165, 1.54) is 18.2 Å². The predicted molar refractivity (Wildman–Crippen MR) is 91.7 cm³/mol. The summed E-state index contributed by atoms with van der Waals surface area (Å²) in [5, 5.41) is 18.3. The Kier molecular flexibility index (Phi) is 3.67. The number of H-pyrrole nitrogens is 1. The Morgan fingerprint density at radius 1 is 1.28 bits per heavy atom. The second-order valence-corrected chi connectivity index (χ2v) is 6.41. The molecular weight excluding hydrogens is 321 g/mol. The Balaban J connectivity index is 1.68. The molecule has 6 heteroatoms. The van der Waals surface area contributed by atoms with E-state index in [1.54, 1.807) is 17.0 Å². The molecule has 0 unspecified atom stereocenters. The average molecular weight is 339 g/mol. The number of phenolic OH excluding ortho intramolecular Hbond substituents is 1. The summed E-state index contributed by atoms with van der Waals surface area (Å²) in [5.74, 6) is -0.647. The van der Waals surface area contributed by atoms with E-state index in [-0.39, 0.29) is 23.0 Å². The van der Waals surface area contributed by atoms with Gasteiger partial charge in [0.15, 0.2) is 0 Å². The van der Waals surface area contributed by atoms with E-state index < -0.39 is 0 Å². The van der Waals surface area contributed by atoms with Crippen LogP contribution >= 0.6 is 0 Å². The van der Waals surface area contributed by atoms with E-state index >= 15 is 0 Å². The molecule has 0 saturated heterocycles. The van der Waals surface area contributed by atoms with E-state index in [9.17, 15) is 14.3 Å². The number of amides is 1. The Labute approximate surface area is 144 Å². The van der Waals surface area contributed by atoms with Crippen LogP contribution in [0.15, 0.2) is 30.3 Å². The second kappa shape index (κ2) is 5.88. The number of aromatic amines is 1. The SMILES string of the molecule is CCCc1n[nH]c2cc(O)c(C(=O)N3Cc4ccc(F)cc4C3)cc12. The number of aromatic hydroxyl groups is 1. The van der Waals surface area contributed by atoms with Crippen LogP contribution in [0, 0.1) is 5.82 Å². The second-order valence-electron chi connectivity index (χ2n) is 6.41. The van der Waals surface area contributed by atoms with Gasteiger partial charge in [-0.25, -0.2) is 4.39 Å². The molecule has 0 saturated carbocycles. The van der Waals surface area contributed by atoms with Gasteiger partial charge in [0.1, 0.15) is 11.6 Å². The maximum absolute atomic E-state index is 13.4. The zero-order chi connectivity index (χ0) is 17.6. The smallest absolute Gasteiger partial charge is 0.258 e. The largest absolute Gasteiger partial charge is 0.507 e. The third kappa shape index (κ3) is 2.63. The van der Waals surface area contributed by atoms with Gasteiger partial charge in [0, 0.05) is 24.5 Å². The lowest BCUT2D eigenvalue weighted by Gasteiger charge is -2.16. The Hall–Kier alpha value is -2.89. The summed E-state index contributed by atoms with van der Waals surface area (Å²) in [6.45, 7) is 2.82. The minimum atomic E-state index is -0.306. The highest BCUT2D eigenvalue weighted by molar-refractivity contribution is 6.01. The minimum absolute atomic E-state index is 0.0775. The van der Waals surface area contributed by atoms with Gasteiger partial charge in [-0.3, -0.25) is 9.89 Å². The van der Waals surface area contributed by atoms with Crippen molar-refractivity contribution < 1.29 is 14.3 Å². The fraction of sp³-hybridized carbons (Fsp3) is 0.263. The first-order valence-corrected chi connectivity index (χ1v) is 8.33. The van der Waals surface area contributed by atoms with E-state index in [0.29, 0.717) is 18.6 Å². The quantitative estimate of drug-likeness (QED) is 0.767. The summed E-state index contributed by atoms with van der Waals surface area (Å²) < 4.78 is 13.4. The maximum atomic E-state index is 13.4. The van der Waals surface area contributed by atoms with Crippen molar-refractivity contribution in [2.75, 3.05) is 0 Å². The van der Waals surface area contributed by atoms with Gasteiger partial charge in [0.2, 0.25) is 0 Å². The summed E-state index contributed by atoms with van der Waals surface area (Å²) >= 11 is 0. The Bertz CT molecular complexity index is 980. The molecule has 0 aliphatic carbocycles. The van der Waals surface area contributed by atoms with Crippen LogP contribution in [0.1, 0.15) is 40.5 Å². The predicted octanol–water partition coefficient (Wildman–Crippen LogP) is 3.52. The first-order valence-electron chi connectivity index (χ1n) is 8.33. The molecule has 3 aromatic rings. The molecule has 2 N–H and O–H groups in total. The van der Waals surface area contributed by atoms with Crippen LogP contribution in [0.2, 0.25) is 0 Å². The summed E-state index contributed by atoms with van der Waals surface area (Å²) in [5.41, 5.74) is 3.59. The van der Waals surface area contributed by atoms with Gasteiger partial charge >= 0.3 is 0 Å². The molecular formula is C19H18FN3O2. The molecule has 25 heavy (non-hydrogen) atoms. The summed E-state index contributed by atoms with van der Waals surface area (Å²) in [6.07, 6.45) is 1.74. The summed E-state index contributed by atoms with van der Waals surface area (Å²) in [6, 6.07) is 7.80. The highest BCUT2D eigenvalue weighted by atomic mass is 19.1. The fourth-order valence-corrected chi connectivity index (χ4v) is 3.38. The first-order chi connectivity index (χ1) is 12.1. The number of halogens is 1. The van der Waals surface area contributed by atoms with Crippen molar-refractivity contribution in [2.45, 2.75) is 32.9 Å². The molecule has 0 atom stereocenters. The molecule has 1 amide bonds. The number of carbonyl (C=O) groups is 1. The lowest BCUT2D eigenvalue weighted by molar-refractivity contribution is 0.0748. The van der Waals surface area contributed by atoms with Gasteiger partial charge in [-0.15, -0.1) is 0 Å². The monoisotopic (exact) mass is 339 g/mol. The fourth-order valence-electron chi connectivity index (χ4n) is 3.38. The highest BCUT2D eigenvalue weighted by Gasteiger charge is 2.27. The van der Waals surface area contributed by atoms with Crippen molar-refractivity contribution in [1.29, 1.82) is 0 Å². The topological polar surface area (TPSA) is 69.2 Å². The third-order valence-electron chi connectivity index (χ3n) is 4.65. The Morgan fingerprint density at radius 3 is 2.88 bits per heavy atom. The first kappa shape index (κ1) is 15.6. The lowest BCUT2D eigenvalue weighted by atomic mass is 10.1. The molecule has 2 heterocycles. The summed E-state index contributed by atoms with van der Waals surface area (Å²) in [7, 11) is 0. The van der Waals surface area contributed by atoms with Crippen LogP contribution in [-0.2, 0) is 19.5 Å². The number of nitrogens with one attached hydrogen (secondary N) is 1. The lowest BCUT2D eigenvalue weighted by Crippen LogP contribution is -2.25. The van der Waals surface area contributed by atoms with Gasteiger partial charge in [-0.1, -0.05) is 19.4 Å². The van der Waals surface area contributed by atoms with Gasteiger partial charge in [-0.05, 0) is 35.7 Å². The number of hydrogen-bond donors (Lipinski definition) is 2. The molecule has 2 aromatic carbocycles. The molecule has 128 valence electrons. The van der Waals surface area contributed by atoms with Gasteiger partial charge in [0.25, 0.3) is 5.91 Å². The molecule has 0 radical (unpaired) electrons. The minimum Gasteiger partial charge on any atom is -0.507 e. The number of benzene rings is 2. The van der Waals surface area contributed by atoms with Gasteiger partial charge in [0.05, 0.1) is 16.8 Å². The normalized spacial score (nSPS) is 13.4. The number of aryl methyl sites for hydroxylation is 1. The van der Waals surface area contributed by atoms with E-state index in [2.05, 4.69) is 17.1 Å². The van der Waals surface area contributed by atoms with Crippen molar-refractivity contribution in [1.82, 2.24) is 15.1 Å². The number of fused-ring (bicyclic) bond motifs is 2. The molecule has 1 aromatic heterocycles. The molecule has 4 rings (SSSR count). The number of carbonyl (C=O) groups excluding carboxylic acids is 1. The maximum Gasteiger partial charge on any atom is 0.258 e.